The van der Waals surface area contributed by atoms with E-state index in [4.69, 9.17) is 14.2 Å². The number of amides is 3. The van der Waals surface area contributed by atoms with E-state index in [9.17, 15) is 9.59 Å². The van der Waals surface area contributed by atoms with Gasteiger partial charge >= 0.3 is 6.03 Å². The van der Waals surface area contributed by atoms with Crippen LogP contribution in [0.2, 0.25) is 0 Å². The highest BCUT2D eigenvalue weighted by Gasteiger charge is 2.33. The molecule has 2 aromatic rings. The second kappa shape index (κ2) is 10.9. The zero-order chi connectivity index (χ0) is 24.1. The van der Waals surface area contributed by atoms with Gasteiger partial charge in [-0.2, -0.15) is 0 Å². The summed E-state index contributed by atoms with van der Waals surface area (Å²) in [6, 6.07) is 15.2. The van der Waals surface area contributed by atoms with Gasteiger partial charge < -0.3 is 19.1 Å². The molecule has 2 aliphatic rings. The molecule has 2 aromatic carbocycles. The predicted molar refractivity (Wildman–Crippen MR) is 130 cm³/mol. The van der Waals surface area contributed by atoms with Gasteiger partial charge in [-0.1, -0.05) is 18.2 Å². The first-order valence-electron chi connectivity index (χ1n) is 11.7. The smallest absolute Gasteiger partial charge is 0.331 e. The van der Waals surface area contributed by atoms with Crippen LogP contribution in [-0.4, -0.2) is 64.1 Å². The number of urea groups is 1. The van der Waals surface area contributed by atoms with Crippen LogP contribution in [-0.2, 0) is 20.8 Å². The van der Waals surface area contributed by atoms with Gasteiger partial charge in [0, 0.05) is 57.6 Å². The van der Waals surface area contributed by atoms with Gasteiger partial charge in [0.1, 0.15) is 5.75 Å². The molecule has 0 saturated carbocycles. The second-order valence-electron chi connectivity index (χ2n) is 8.70. The van der Waals surface area contributed by atoms with Gasteiger partial charge in [0.05, 0.1) is 13.7 Å². The van der Waals surface area contributed by atoms with Gasteiger partial charge in [0.2, 0.25) is 5.91 Å². The Kier molecular flexibility index (Phi) is 7.70. The third-order valence-electron chi connectivity index (χ3n) is 6.71. The van der Waals surface area contributed by atoms with Crippen molar-refractivity contribution in [3.8, 4) is 5.75 Å². The van der Waals surface area contributed by atoms with E-state index in [-0.39, 0.29) is 24.8 Å². The number of ether oxygens (including phenoxy) is 3. The number of rotatable bonds is 8. The normalized spacial score (nSPS) is 17.6. The Morgan fingerprint density at radius 1 is 0.912 bits per heavy atom. The molecule has 2 aliphatic heterocycles. The average Bonchev–Trinajstić information content (AvgIpc) is 2.88. The molecule has 4 rings (SSSR count). The first-order valence-corrected chi connectivity index (χ1v) is 11.7. The number of imide groups is 1. The fourth-order valence-corrected chi connectivity index (χ4v) is 4.77. The molecule has 2 saturated heterocycles. The fraction of sp³-hybridized carbons (Fsp3) is 0.462. The minimum Gasteiger partial charge on any atom is -0.497 e. The largest absolute Gasteiger partial charge is 0.497 e. The number of hydrogen-bond acceptors (Lipinski definition) is 6. The first-order chi connectivity index (χ1) is 16.5. The Morgan fingerprint density at radius 3 is 2.24 bits per heavy atom. The van der Waals surface area contributed by atoms with Crippen molar-refractivity contribution < 1.29 is 23.8 Å². The van der Waals surface area contributed by atoms with E-state index < -0.39 is 0 Å². The number of benzene rings is 2. The maximum absolute atomic E-state index is 13.3. The summed E-state index contributed by atoms with van der Waals surface area (Å²) >= 11 is 0. The molecule has 0 aromatic heterocycles. The third kappa shape index (κ3) is 5.18. The highest BCUT2D eigenvalue weighted by Crippen LogP contribution is 2.30. The molecule has 0 spiro atoms. The van der Waals surface area contributed by atoms with Crippen molar-refractivity contribution >= 4 is 23.3 Å². The van der Waals surface area contributed by atoms with E-state index in [1.54, 1.807) is 26.2 Å². The molecule has 34 heavy (non-hydrogen) atoms. The van der Waals surface area contributed by atoms with Crippen molar-refractivity contribution in [3.05, 3.63) is 54.1 Å². The number of carbonyl (C=O) groups excluding carboxylic acids is 2. The molecule has 0 N–H and O–H groups in total. The maximum atomic E-state index is 13.3. The summed E-state index contributed by atoms with van der Waals surface area (Å²) in [7, 11) is 4.97. The van der Waals surface area contributed by atoms with Gasteiger partial charge in [-0.05, 0) is 48.7 Å². The molecule has 0 aliphatic carbocycles. The lowest BCUT2D eigenvalue weighted by Crippen LogP contribution is -2.52. The molecule has 8 heteroatoms. The molecule has 0 unspecified atom stereocenters. The number of nitrogens with zero attached hydrogens (tertiary/aromatic N) is 3. The molecule has 182 valence electrons. The monoisotopic (exact) mass is 467 g/mol. The maximum Gasteiger partial charge on any atom is 0.331 e. The third-order valence-corrected chi connectivity index (χ3v) is 6.71. The fourth-order valence-electron chi connectivity index (χ4n) is 4.77. The van der Waals surface area contributed by atoms with Crippen LogP contribution in [0.25, 0.3) is 0 Å². The molecular weight excluding hydrogens is 434 g/mol. The molecular formula is C26H33N3O5. The quantitative estimate of drug-likeness (QED) is 0.549. The van der Waals surface area contributed by atoms with Crippen LogP contribution in [0.5, 0.6) is 5.75 Å². The molecule has 0 atom stereocenters. The van der Waals surface area contributed by atoms with E-state index in [0.29, 0.717) is 18.9 Å². The summed E-state index contributed by atoms with van der Waals surface area (Å²) in [5.41, 5.74) is 2.77. The Labute approximate surface area is 201 Å². The standard InChI is InChI=1S/C26H33N3O5/c1-32-23-9-7-19(8-10-23)18-29-24(30)13-16-28(26(29)31)22-6-4-5-21(17-22)27-14-11-20(12-15-27)25(33-2)34-3/h4-10,17,20,25H,11-16,18H2,1-3H3. The topological polar surface area (TPSA) is 71.6 Å². The van der Waals surface area contributed by atoms with Crippen molar-refractivity contribution in [1.29, 1.82) is 0 Å². The number of methoxy groups -OCH3 is 3. The summed E-state index contributed by atoms with van der Waals surface area (Å²) in [5.74, 6) is 0.958. The first kappa shape index (κ1) is 24.0. The van der Waals surface area contributed by atoms with Crippen molar-refractivity contribution in [2.24, 2.45) is 5.92 Å². The van der Waals surface area contributed by atoms with Gasteiger partial charge in [-0.25, -0.2) is 4.79 Å². The van der Waals surface area contributed by atoms with Crippen molar-refractivity contribution in [2.75, 3.05) is 50.8 Å². The molecule has 2 fully saturated rings. The van der Waals surface area contributed by atoms with Crippen LogP contribution in [0.15, 0.2) is 48.5 Å². The SMILES string of the molecule is COc1ccc(CN2C(=O)CCN(c3cccc(N4CCC(C(OC)OC)CC4)c3)C2=O)cc1. The number of piperidine rings is 1. The number of hydrogen-bond donors (Lipinski definition) is 0. The van der Waals surface area contributed by atoms with Crippen LogP contribution < -0.4 is 14.5 Å². The molecule has 3 amide bonds. The van der Waals surface area contributed by atoms with Crippen LogP contribution in [0, 0.1) is 5.92 Å². The van der Waals surface area contributed by atoms with Crippen LogP contribution in [0.3, 0.4) is 0 Å². The summed E-state index contributed by atoms with van der Waals surface area (Å²) < 4.78 is 16.1. The lowest BCUT2D eigenvalue weighted by Gasteiger charge is -2.37. The zero-order valence-electron chi connectivity index (χ0n) is 20.1. The Morgan fingerprint density at radius 2 is 1.59 bits per heavy atom. The lowest BCUT2D eigenvalue weighted by molar-refractivity contribution is -0.141. The van der Waals surface area contributed by atoms with Gasteiger partial charge in [-0.3, -0.25) is 14.6 Å². The molecule has 0 radical (unpaired) electrons. The van der Waals surface area contributed by atoms with Crippen molar-refractivity contribution in [2.45, 2.75) is 32.1 Å². The van der Waals surface area contributed by atoms with Crippen LogP contribution in [0.1, 0.15) is 24.8 Å². The molecule has 8 nitrogen and oxygen atoms in total. The van der Waals surface area contributed by atoms with Gasteiger partial charge in [0.15, 0.2) is 6.29 Å². The van der Waals surface area contributed by atoms with Gasteiger partial charge in [0.25, 0.3) is 0 Å². The minimum absolute atomic E-state index is 0.152. The lowest BCUT2D eigenvalue weighted by atomic mass is 9.95. The van der Waals surface area contributed by atoms with Crippen LogP contribution >= 0.6 is 0 Å². The Bertz CT molecular complexity index is 984. The van der Waals surface area contributed by atoms with E-state index in [0.717, 1.165) is 48.6 Å². The van der Waals surface area contributed by atoms with Crippen molar-refractivity contribution in [3.63, 3.8) is 0 Å². The molecule has 0 bridgehead atoms. The highest BCUT2D eigenvalue weighted by atomic mass is 16.7. The minimum atomic E-state index is -0.286. The summed E-state index contributed by atoms with van der Waals surface area (Å²) in [6.45, 7) is 2.41. The summed E-state index contributed by atoms with van der Waals surface area (Å²) in [4.78, 5) is 31.2. The van der Waals surface area contributed by atoms with Crippen molar-refractivity contribution in [1.82, 2.24) is 4.90 Å². The number of anilines is 2. The molecule has 2 heterocycles. The van der Waals surface area contributed by atoms with Gasteiger partial charge in [-0.15, -0.1) is 0 Å². The highest BCUT2D eigenvalue weighted by molar-refractivity contribution is 6.05. The van der Waals surface area contributed by atoms with E-state index in [2.05, 4.69) is 11.0 Å². The van der Waals surface area contributed by atoms with E-state index in [1.807, 2.05) is 42.5 Å². The second-order valence-corrected chi connectivity index (χ2v) is 8.70. The number of carbonyl (C=O) groups is 2. The zero-order valence-corrected chi connectivity index (χ0v) is 20.1. The van der Waals surface area contributed by atoms with E-state index >= 15 is 0 Å². The van der Waals surface area contributed by atoms with Crippen LogP contribution in [0.4, 0.5) is 16.2 Å². The van der Waals surface area contributed by atoms with E-state index in [1.165, 1.54) is 4.90 Å². The Balaban J connectivity index is 1.45. The average molecular weight is 468 g/mol. The summed E-state index contributed by atoms with van der Waals surface area (Å²) in [5, 5.41) is 0. The predicted octanol–water partition coefficient (Wildman–Crippen LogP) is 3.89. The Hall–Kier alpha value is -3.10. The summed E-state index contributed by atoms with van der Waals surface area (Å²) in [6.07, 6.45) is 2.08.